The molecule has 0 radical (unpaired) electrons. The molecule has 0 aliphatic rings. The van der Waals surface area contributed by atoms with Crippen LogP contribution in [-0.4, -0.2) is 24.3 Å². The highest BCUT2D eigenvalue weighted by molar-refractivity contribution is 6.20. The van der Waals surface area contributed by atoms with Crippen LogP contribution in [0.25, 0.3) is 11.6 Å². The summed E-state index contributed by atoms with van der Waals surface area (Å²) in [6.45, 7) is 4.78. The molecule has 4 nitrogen and oxygen atoms in total. The van der Waals surface area contributed by atoms with Gasteiger partial charge in [0.1, 0.15) is 24.7 Å². The molecular formula is C25H24O4. The fraction of sp³-hybridized carbons (Fsp3) is 0.160. The first kappa shape index (κ1) is 20.2. The largest absolute Gasteiger partial charge is 0.490 e. The Hall–Kier alpha value is -3.53. The van der Waals surface area contributed by atoms with Crippen molar-refractivity contribution in [3.63, 3.8) is 0 Å². The third kappa shape index (κ3) is 5.48. The van der Waals surface area contributed by atoms with Crippen LogP contribution >= 0.6 is 0 Å². The second-order valence-corrected chi connectivity index (χ2v) is 6.73. The van der Waals surface area contributed by atoms with E-state index >= 15 is 0 Å². The lowest BCUT2D eigenvalue weighted by Crippen LogP contribution is -2.10. The van der Waals surface area contributed by atoms with Crippen molar-refractivity contribution in [3.05, 3.63) is 95.1 Å². The Morgan fingerprint density at radius 2 is 1.52 bits per heavy atom. The molecule has 0 heterocycles. The summed E-state index contributed by atoms with van der Waals surface area (Å²) in [5.41, 5.74) is 3.79. The second-order valence-electron chi connectivity index (χ2n) is 6.73. The summed E-state index contributed by atoms with van der Waals surface area (Å²) < 4.78 is 11.7. The van der Waals surface area contributed by atoms with Crippen molar-refractivity contribution in [3.8, 4) is 11.5 Å². The van der Waals surface area contributed by atoms with Crippen molar-refractivity contribution >= 4 is 17.6 Å². The van der Waals surface area contributed by atoms with Gasteiger partial charge in [0.15, 0.2) is 0 Å². The van der Waals surface area contributed by atoms with Gasteiger partial charge in [-0.2, -0.15) is 0 Å². The minimum atomic E-state index is -0.982. The fourth-order valence-corrected chi connectivity index (χ4v) is 2.94. The second kappa shape index (κ2) is 9.60. The number of carboxylic acid groups (broad SMARTS) is 1. The quantitative estimate of drug-likeness (QED) is 0.319. The van der Waals surface area contributed by atoms with Crippen molar-refractivity contribution < 1.29 is 19.4 Å². The van der Waals surface area contributed by atoms with Crippen molar-refractivity contribution in [2.24, 2.45) is 0 Å². The number of aryl methyl sites for hydroxylation is 2. The summed E-state index contributed by atoms with van der Waals surface area (Å²) >= 11 is 0. The van der Waals surface area contributed by atoms with Crippen molar-refractivity contribution in [1.82, 2.24) is 0 Å². The average molecular weight is 388 g/mol. The third-order valence-electron chi connectivity index (χ3n) is 4.48. The summed E-state index contributed by atoms with van der Waals surface area (Å²) in [7, 11) is 0. The first-order valence-electron chi connectivity index (χ1n) is 9.47. The average Bonchev–Trinajstić information content (AvgIpc) is 2.73. The molecule has 0 aliphatic heterocycles. The Kier molecular flexibility index (Phi) is 6.69. The third-order valence-corrected chi connectivity index (χ3v) is 4.48. The zero-order valence-electron chi connectivity index (χ0n) is 16.6. The number of ether oxygens (including phenoxy) is 2. The van der Waals surface area contributed by atoms with Gasteiger partial charge in [-0.1, -0.05) is 60.7 Å². The van der Waals surface area contributed by atoms with Gasteiger partial charge >= 0.3 is 5.97 Å². The predicted octanol–water partition coefficient (Wildman–Crippen LogP) is 5.39. The molecule has 1 N–H and O–H groups in total. The number of carboxylic acids is 1. The standard InChI is InChI=1S/C25H24O4/c1-18-12-13-19(2)24(16-18)29-15-14-28-23-11-7-6-10-21(23)17-22(25(26)27)20-8-4-3-5-9-20/h3-13,16-17H,14-15H2,1-2H3,(H,26,27)/b22-17-. The minimum absolute atomic E-state index is 0.216. The van der Waals surface area contributed by atoms with Gasteiger partial charge in [-0.3, -0.25) is 0 Å². The normalized spacial score (nSPS) is 11.2. The number of hydrogen-bond acceptors (Lipinski definition) is 3. The van der Waals surface area contributed by atoms with Gasteiger partial charge < -0.3 is 14.6 Å². The Morgan fingerprint density at radius 1 is 0.862 bits per heavy atom. The van der Waals surface area contributed by atoms with E-state index in [1.165, 1.54) is 0 Å². The summed E-state index contributed by atoms with van der Waals surface area (Å²) in [4.78, 5) is 11.8. The van der Waals surface area contributed by atoms with Crippen molar-refractivity contribution in [1.29, 1.82) is 0 Å². The number of para-hydroxylation sites is 1. The number of aliphatic carboxylic acids is 1. The van der Waals surface area contributed by atoms with Crippen molar-refractivity contribution in [2.75, 3.05) is 13.2 Å². The van der Waals surface area contributed by atoms with Crippen molar-refractivity contribution in [2.45, 2.75) is 13.8 Å². The monoisotopic (exact) mass is 388 g/mol. The van der Waals surface area contributed by atoms with Crippen LogP contribution in [0.1, 0.15) is 22.3 Å². The van der Waals surface area contributed by atoms with Gasteiger partial charge in [0.2, 0.25) is 0 Å². The number of rotatable bonds is 8. The Balaban J connectivity index is 1.72. The molecule has 3 aromatic carbocycles. The maximum atomic E-state index is 11.8. The predicted molar refractivity (Wildman–Crippen MR) is 115 cm³/mol. The van der Waals surface area contributed by atoms with Gasteiger partial charge in [-0.15, -0.1) is 0 Å². The lowest BCUT2D eigenvalue weighted by atomic mass is 10.0. The maximum Gasteiger partial charge on any atom is 0.336 e. The van der Waals surface area contributed by atoms with E-state index in [2.05, 4.69) is 0 Å². The van der Waals surface area contributed by atoms with Crippen LogP contribution in [0.4, 0.5) is 0 Å². The maximum absolute atomic E-state index is 11.8. The van der Waals surface area contributed by atoms with Gasteiger partial charge in [0.25, 0.3) is 0 Å². The van der Waals surface area contributed by atoms with Crippen LogP contribution in [0, 0.1) is 13.8 Å². The molecule has 0 fully saturated rings. The molecule has 0 aromatic heterocycles. The van der Waals surface area contributed by atoms with E-state index in [0.717, 1.165) is 16.9 Å². The van der Waals surface area contributed by atoms with Crippen LogP contribution in [0.5, 0.6) is 11.5 Å². The molecule has 0 saturated carbocycles. The van der Waals surface area contributed by atoms with E-state index < -0.39 is 5.97 Å². The summed E-state index contributed by atoms with van der Waals surface area (Å²) in [5, 5.41) is 9.64. The molecular weight excluding hydrogens is 364 g/mol. The summed E-state index contributed by atoms with van der Waals surface area (Å²) in [5.74, 6) is 0.482. The zero-order valence-corrected chi connectivity index (χ0v) is 16.6. The first-order chi connectivity index (χ1) is 14.0. The molecule has 0 amide bonds. The smallest absolute Gasteiger partial charge is 0.336 e. The van der Waals surface area contributed by atoms with E-state index in [0.29, 0.717) is 30.1 Å². The Bertz CT molecular complexity index is 1010. The summed E-state index contributed by atoms with van der Waals surface area (Å²) in [6, 6.07) is 22.5. The molecule has 148 valence electrons. The lowest BCUT2D eigenvalue weighted by Gasteiger charge is -2.13. The molecule has 0 unspecified atom stereocenters. The van der Waals surface area contributed by atoms with Gasteiger partial charge in [0.05, 0.1) is 5.57 Å². The van der Waals surface area contributed by atoms with Crippen LogP contribution in [0.3, 0.4) is 0 Å². The first-order valence-corrected chi connectivity index (χ1v) is 9.47. The van der Waals surface area contributed by atoms with Gasteiger partial charge in [-0.25, -0.2) is 4.79 Å². The van der Waals surface area contributed by atoms with Gasteiger partial charge in [-0.05, 0) is 48.7 Å². The summed E-state index contributed by atoms with van der Waals surface area (Å²) in [6.07, 6.45) is 1.64. The number of benzene rings is 3. The van der Waals surface area contributed by atoms with Crippen LogP contribution in [0.2, 0.25) is 0 Å². The number of carbonyl (C=O) groups is 1. The Morgan fingerprint density at radius 3 is 2.24 bits per heavy atom. The lowest BCUT2D eigenvalue weighted by molar-refractivity contribution is -0.130. The molecule has 4 heteroatoms. The van der Waals surface area contributed by atoms with E-state index in [4.69, 9.17) is 9.47 Å². The van der Waals surface area contributed by atoms with Gasteiger partial charge in [0, 0.05) is 5.56 Å². The Labute approximate surface area is 171 Å². The van der Waals surface area contributed by atoms with E-state index in [1.54, 1.807) is 18.2 Å². The van der Waals surface area contributed by atoms with E-state index in [9.17, 15) is 9.90 Å². The fourth-order valence-electron chi connectivity index (χ4n) is 2.94. The molecule has 0 spiro atoms. The molecule has 29 heavy (non-hydrogen) atoms. The van der Waals surface area contributed by atoms with E-state index in [1.807, 2.05) is 74.5 Å². The molecule has 0 saturated heterocycles. The molecule has 0 atom stereocenters. The molecule has 0 bridgehead atoms. The molecule has 0 aliphatic carbocycles. The minimum Gasteiger partial charge on any atom is -0.490 e. The molecule has 3 aromatic rings. The van der Waals surface area contributed by atoms with Crippen LogP contribution < -0.4 is 9.47 Å². The highest BCUT2D eigenvalue weighted by Gasteiger charge is 2.12. The molecule has 3 rings (SSSR count). The van der Waals surface area contributed by atoms with Crippen LogP contribution in [0.15, 0.2) is 72.8 Å². The highest BCUT2D eigenvalue weighted by atomic mass is 16.5. The van der Waals surface area contributed by atoms with E-state index in [-0.39, 0.29) is 5.57 Å². The highest BCUT2D eigenvalue weighted by Crippen LogP contribution is 2.25. The van der Waals surface area contributed by atoms with Crippen LogP contribution in [-0.2, 0) is 4.79 Å². The SMILES string of the molecule is Cc1ccc(C)c(OCCOc2ccccc2/C=C(\C(=O)O)c2ccccc2)c1. The number of hydrogen-bond donors (Lipinski definition) is 1. The zero-order chi connectivity index (χ0) is 20.6. The topological polar surface area (TPSA) is 55.8 Å².